The van der Waals surface area contributed by atoms with Gasteiger partial charge in [-0.25, -0.2) is 0 Å². The Bertz CT molecular complexity index is 265. The summed E-state index contributed by atoms with van der Waals surface area (Å²) in [7, 11) is 0. The van der Waals surface area contributed by atoms with Crippen molar-refractivity contribution in [2.75, 3.05) is 13.2 Å². The van der Waals surface area contributed by atoms with Gasteiger partial charge in [0.15, 0.2) is 0 Å². The predicted molar refractivity (Wildman–Crippen MR) is 68.9 cm³/mol. The van der Waals surface area contributed by atoms with Crippen LogP contribution in [0.15, 0.2) is 0 Å². The topological polar surface area (TPSA) is 66.8 Å². The van der Waals surface area contributed by atoms with Gasteiger partial charge in [0.05, 0.1) is 12.5 Å². The second-order valence-corrected chi connectivity index (χ2v) is 5.90. The number of hydrogen-bond donors (Lipinski definition) is 2. The van der Waals surface area contributed by atoms with E-state index < -0.39 is 6.10 Å². The fourth-order valence-corrected chi connectivity index (χ4v) is 2.81. The lowest BCUT2D eigenvalue weighted by atomic mass is 9.70. The van der Waals surface area contributed by atoms with Gasteiger partial charge in [0, 0.05) is 0 Å². The highest BCUT2D eigenvalue weighted by atomic mass is 16.5. The van der Waals surface area contributed by atoms with Crippen LogP contribution in [0.2, 0.25) is 0 Å². The normalized spacial score (nSPS) is 30.2. The number of carbonyl (C=O) groups excluding carboxylic acids is 1. The van der Waals surface area contributed by atoms with Crippen molar-refractivity contribution in [2.24, 2.45) is 23.7 Å². The number of aliphatic hydroxyl groups excluding tert-OH is 2. The van der Waals surface area contributed by atoms with Crippen LogP contribution in [-0.2, 0) is 9.53 Å². The summed E-state index contributed by atoms with van der Waals surface area (Å²) in [5.74, 6) is 1.13. The van der Waals surface area contributed by atoms with Gasteiger partial charge >= 0.3 is 5.97 Å². The van der Waals surface area contributed by atoms with Gasteiger partial charge in [-0.3, -0.25) is 4.79 Å². The SMILES string of the molecule is CC(C)[C@@H]1CC[C@@H](C)C[C@@H]1C(=O)OCC(O)CO. The van der Waals surface area contributed by atoms with Gasteiger partial charge in [0.25, 0.3) is 0 Å². The van der Waals surface area contributed by atoms with Crippen LogP contribution in [0.4, 0.5) is 0 Å². The van der Waals surface area contributed by atoms with Crippen LogP contribution >= 0.6 is 0 Å². The predicted octanol–water partition coefficient (Wildman–Crippen LogP) is 1.59. The Balaban J connectivity index is 2.55. The molecule has 0 amide bonds. The van der Waals surface area contributed by atoms with E-state index in [-0.39, 0.29) is 25.1 Å². The molecular weight excluding hydrogens is 232 g/mol. The van der Waals surface area contributed by atoms with Crippen LogP contribution in [0.25, 0.3) is 0 Å². The van der Waals surface area contributed by atoms with Crippen LogP contribution in [0.3, 0.4) is 0 Å². The molecule has 4 atom stereocenters. The zero-order valence-electron chi connectivity index (χ0n) is 11.6. The summed E-state index contributed by atoms with van der Waals surface area (Å²) in [6.45, 7) is 5.97. The molecule has 0 aromatic rings. The molecule has 106 valence electrons. The van der Waals surface area contributed by atoms with Gasteiger partial charge in [-0.2, -0.15) is 0 Å². The molecule has 0 spiro atoms. The third-order valence-electron chi connectivity index (χ3n) is 3.95. The Morgan fingerprint density at radius 1 is 1.39 bits per heavy atom. The van der Waals surface area contributed by atoms with Crippen molar-refractivity contribution in [3.05, 3.63) is 0 Å². The number of ether oxygens (including phenoxy) is 1. The fraction of sp³-hybridized carbons (Fsp3) is 0.929. The second-order valence-electron chi connectivity index (χ2n) is 5.90. The molecule has 1 aliphatic rings. The molecule has 2 N–H and O–H groups in total. The summed E-state index contributed by atoms with van der Waals surface area (Å²) in [6.07, 6.45) is 2.15. The van der Waals surface area contributed by atoms with Gasteiger partial charge < -0.3 is 14.9 Å². The van der Waals surface area contributed by atoms with E-state index in [1.807, 2.05) is 0 Å². The molecular formula is C14H26O4. The highest BCUT2D eigenvalue weighted by Gasteiger charge is 2.36. The van der Waals surface area contributed by atoms with Crippen LogP contribution in [-0.4, -0.2) is 35.5 Å². The summed E-state index contributed by atoms with van der Waals surface area (Å²) >= 11 is 0. The molecule has 4 nitrogen and oxygen atoms in total. The van der Waals surface area contributed by atoms with Crippen LogP contribution in [0.5, 0.6) is 0 Å². The molecule has 1 aliphatic carbocycles. The van der Waals surface area contributed by atoms with Crippen molar-refractivity contribution >= 4 is 5.97 Å². The molecule has 0 heterocycles. The molecule has 0 aromatic heterocycles. The van der Waals surface area contributed by atoms with E-state index in [4.69, 9.17) is 9.84 Å². The molecule has 0 bridgehead atoms. The Morgan fingerprint density at radius 3 is 2.61 bits per heavy atom. The molecule has 1 fully saturated rings. The summed E-state index contributed by atoms with van der Waals surface area (Å²) < 4.78 is 5.11. The fourth-order valence-electron chi connectivity index (χ4n) is 2.81. The number of rotatable bonds is 5. The van der Waals surface area contributed by atoms with Gasteiger partial charge in [-0.1, -0.05) is 27.2 Å². The Morgan fingerprint density at radius 2 is 2.06 bits per heavy atom. The zero-order valence-corrected chi connectivity index (χ0v) is 11.6. The third kappa shape index (κ3) is 4.25. The van der Waals surface area contributed by atoms with Crippen molar-refractivity contribution in [1.82, 2.24) is 0 Å². The van der Waals surface area contributed by atoms with Gasteiger partial charge in [0.2, 0.25) is 0 Å². The number of esters is 1. The van der Waals surface area contributed by atoms with E-state index in [2.05, 4.69) is 20.8 Å². The standard InChI is InChI=1S/C14H26O4/c1-9(2)12-5-4-10(3)6-13(12)14(17)18-8-11(16)7-15/h9-13,15-16H,4-8H2,1-3H3/t10-,11?,12+,13+/m1/s1. The molecule has 0 radical (unpaired) electrons. The number of carbonyl (C=O) groups is 1. The van der Waals surface area contributed by atoms with Crippen LogP contribution < -0.4 is 0 Å². The molecule has 1 saturated carbocycles. The molecule has 18 heavy (non-hydrogen) atoms. The van der Waals surface area contributed by atoms with Gasteiger partial charge in [-0.05, 0) is 30.6 Å². The minimum Gasteiger partial charge on any atom is -0.463 e. The van der Waals surface area contributed by atoms with Gasteiger partial charge in [-0.15, -0.1) is 0 Å². The Labute approximate surface area is 109 Å². The molecule has 0 aliphatic heterocycles. The summed E-state index contributed by atoms with van der Waals surface area (Å²) in [6, 6.07) is 0. The lowest BCUT2D eigenvalue weighted by Crippen LogP contribution is -2.35. The van der Waals surface area contributed by atoms with Crippen molar-refractivity contribution in [1.29, 1.82) is 0 Å². The monoisotopic (exact) mass is 258 g/mol. The average molecular weight is 258 g/mol. The van der Waals surface area contributed by atoms with E-state index in [0.717, 1.165) is 12.8 Å². The van der Waals surface area contributed by atoms with E-state index in [1.165, 1.54) is 6.42 Å². The highest BCUT2D eigenvalue weighted by Crippen LogP contribution is 2.38. The maximum absolute atomic E-state index is 12.1. The third-order valence-corrected chi connectivity index (χ3v) is 3.95. The number of aliphatic hydroxyl groups is 2. The smallest absolute Gasteiger partial charge is 0.309 e. The lowest BCUT2D eigenvalue weighted by Gasteiger charge is -2.35. The Hall–Kier alpha value is -0.610. The minimum absolute atomic E-state index is 0.0559. The number of hydrogen-bond acceptors (Lipinski definition) is 4. The van der Waals surface area contributed by atoms with Crippen LogP contribution in [0, 0.1) is 23.7 Å². The van der Waals surface area contributed by atoms with Crippen molar-refractivity contribution in [3.63, 3.8) is 0 Å². The average Bonchev–Trinajstić information content (AvgIpc) is 2.34. The lowest BCUT2D eigenvalue weighted by molar-refractivity contribution is -0.157. The maximum atomic E-state index is 12.1. The van der Waals surface area contributed by atoms with Crippen molar-refractivity contribution in [2.45, 2.75) is 46.1 Å². The summed E-state index contributed by atoms with van der Waals surface area (Å²) in [5.41, 5.74) is 0. The largest absolute Gasteiger partial charge is 0.463 e. The molecule has 1 rings (SSSR count). The first kappa shape index (κ1) is 15.4. The van der Waals surface area contributed by atoms with E-state index in [1.54, 1.807) is 0 Å². The Kier molecular flexibility index (Phi) is 6.09. The van der Waals surface area contributed by atoms with Gasteiger partial charge in [0.1, 0.15) is 12.7 Å². The highest BCUT2D eigenvalue weighted by molar-refractivity contribution is 5.73. The summed E-state index contributed by atoms with van der Waals surface area (Å²) in [4.78, 5) is 12.1. The maximum Gasteiger partial charge on any atom is 0.309 e. The molecule has 0 saturated heterocycles. The van der Waals surface area contributed by atoms with E-state index >= 15 is 0 Å². The minimum atomic E-state index is -0.965. The summed E-state index contributed by atoms with van der Waals surface area (Å²) in [5, 5.41) is 17.9. The zero-order chi connectivity index (χ0) is 13.7. The van der Waals surface area contributed by atoms with Crippen molar-refractivity contribution in [3.8, 4) is 0 Å². The van der Waals surface area contributed by atoms with E-state index in [9.17, 15) is 9.90 Å². The molecule has 1 unspecified atom stereocenters. The first-order valence-corrected chi connectivity index (χ1v) is 6.91. The molecule has 4 heteroatoms. The van der Waals surface area contributed by atoms with E-state index in [0.29, 0.717) is 17.8 Å². The van der Waals surface area contributed by atoms with Crippen LogP contribution in [0.1, 0.15) is 40.0 Å². The molecule has 0 aromatic carbocycles. The van der Waals surface area contributed by atoms with Crippen molar-refractivity contribution < 1.29 is 19.7 Å². The first-order chi connectivity index (χ1) is 8.45. The first-order valence-electron chi connectivity index (χ1n) is 6.91. The second kappa shape index (κ2) is 7.10. The quantitative estimate of drug-likeness (QED) is 0.735.